The summed E-state index contributed by atoms with van der Waals surface area (Å²) < 4.78 is 70.4. The summed E-state index contributed by atoms with van der Waals surface area (Å²) in [4.78, 5) is 15.7. The normalized spacial score (nSPS) is 12.6. The van der Waals surface area contributed by atoms with Crippen LogP contribution in [0.25, 0.3) is 5.65 Å². The monoisotopic (exact) mass is 352 g/mol. The Morgan fingerprint density at radius 2 is 1.96 bits per heavy atom. The number of nitrogens with zero attached hydrogens (tertiary/aromatic N) is 3. The molecule has 132 valence electrons. The lowest BCUT2D eigenvalue weighted by molar-refractivity contribution is -0.291. The van der Waals surface area contributed by atoms with Crippen LogP contribution in [-0.2, 0) is 10.7 Å². The van der Waals surface area contributed by atoms with Gasteiger partial charge in [-0.15, -0.1) is 0 Å². The van der Waals surface area contributed by atoms with E-state index in [4.69, 9.17) is 4.74 Å². The Kier molecular flexibility index (Phi) is 4.74. The summed E-state index contributed by atoms with van der Waals surface area (Å²) in [6.45, 7) is 1.59. The van der Waals surface area contributed by atoms with Crippen molar-refractivity contribution < 1.29 is 31.5 Å². The van der Waals surface area contributed by atoms with E-state index in [0.717, 1.165) is 6.07 Å². The minimum Gasteiger partial charge on any atom is -0.383 e. The predicted molar refractivity (Wildman–Crippen MR) is 71.9 cm³/mol. The largest absolute Gasteiger partial charge is 0.459 e. The van der Waals surface area contributed by atoms with Gasteiger partial charge in [0.25, 0.3) is 5.91 Å². The molecule has 11 heteroatoms. The Labute approximate surface area is 132 Å². The first-order chi connectivity index (χ1) is 11.1. The lowest BCUT2D eigenvalue weighted by Crippen LogP contribution is -2.36. The van der Waals surface area contributed by atoms with Gasteiger partial charge in [-0.3, -0.25) is 4.79 Å². The maximum Gasteiger partial charge on any atom is 0.459 e. The van der Waals surface area contributed by atoms with Gasteiger partial charge < -0.3 is 10.1 Å². The van der Waals surface area contributed by atoms with Gasteiger partial charge in [0.15, 0.2) is 11.3 Å². The van der Waals surface area contributed by atoms with Gasteiger partial charge in [0.05, 0.1) is 6.61 Å². The molecule has 0 spiro atoms. The van der Waals surface area contributed by atoms with E-state index in [9.17, 15) is 26.7 Å². The molecule has 0 fully saturated rings. The molecule has 0 saturated heterocycles. The van der Waals surface area contributed by atoms with Gasteiger partial charge in [-0.05, 0) is 13.0 Å². The average Bonchev–Trinajstić information content (AvgIpc) is 2.88. The fourth-order valence-corrected chi connectivity index (χ4v) is 1.94. The van der Waals surface area contributed by atoms with Gasteiger partial charge >= 0.3 is 12.1 Å². The number of halogens is 5. The fourth-order valence-electron chi connectivity index (χ4n) is 1.94. The summed E-state index contributed by atoms with van der Waals surface area (Å²) in [6.07, 6.45) is -5.80. The van der Waals surface area contributed by atoms with Crippen LogP contribution in [0.2, 0.25) is 0 Å². The Balaban J connectivity index is 2.49. The molecule has 0 radical (unpaired) electrons. The Hall–Kier alpha value is -2.30. The van der Waals surface area contributed by atoms with Crippen LogP contribution in [0.1, 0.15) is 21.9 Å². The maximum absolute atomic E-state index is 13.7. The number of methoxy groups -OCH3 is 1. The molecule has 0 unspecified atom stereocenters. The Bertz CT molecular complexity index is 757. The standard InChI is InChI=1S/C13H13F5N4O2/c1-7-5-9(12(14,15)13(16,17)18)22-10(20-7)6-8(21-22)11(23)19-3-4-24-2/h5-6H,3-4H2,1-2H3,(H,19,23). The maximum atomic E-state index is 13.7. The molecule has 1 amide bonds. The van der Waals surface area contributed by atoms with Crippen LogP contribution in [0.4, 0.5) is 22.0 Å². The molecule has 0 aliphatic carbocycles. The zero-order valence-electron chi connectivity index (χ0n) is 12.6. The van der Waals surface area contributed by atoms with Crippen LogP contribution in [0, 0.1) is 6.92 Å². The van der Waals surface area contributed by atoms with Gasteiger partial charge in [0.2, 0.25) is 0 Å². The number of fused-ring (bicyclic) bond motifs is 1. The molecule has 2 heterocycles. The van der Waals surface area contributed by atoms with Crippen LogP contribution in [0.3, 0.4) is 0 Å². The van der Waals surface area contributed by atoms with Gasteiger partial charge in [0, 0.05) is 25.4 Å². The second-order valence-corrected chi connectivity index (χ2v) is 4.90. The quantitative estimate of drug-likeness (QED) is 0.661. The molecule has 2 aromatic heterocycles. The van der Waals surface area contributed by atoms with Crippen molar-refractivity contribution in [2.75, 3.05) is 20.3 Å². The van der Waals surface area contributed by atoms with Crippen molar-refractivity contribution in [1.82, 2.24) is 19.9 Å². The molecule has 2 rings (SSSR count). The van der Waals surface area contributed by atoms with Crippen LogP contribution >= 0.6 is 0 Å². The molecule has 6 nitrogen and oxygen atoms in total. The molecule has 24 heavy (non-hydrogen) atoms. The number of amides is 1. The van der Waals surface area contributed by atoms with Crippen LogP contribution in [0.5, 0.6) is 0 Å². The zero-order valence-corrected chi connectivity index (χ0v) is 12.6. The summed E-state index contributed by atoms with van der Waals surface area (Å²) in [5.74, 6) is -5.88. The summed E-state index contributed by atoms with van der Waals surface area (Å²) in [5.41, 5.74) is -2.09. The molecule has 0 aromatic carbocycles. The van der Waals surface area contributed by atoms with Crippen molar-refractivity contribution in [3.05, 3.63) is 29.2 Å². The third-order valence-electron chi connectivity index (χ3n) is 3.06. The van der Waals surface area contributed by atoms with Gasteiger partial charge in [-0.1, -0.05) is 0 Å². The van der Waals surface area contributed by atoms with E-state index in [1.165, 1.54) is 14.0 Å². The number of ether oxygens (including phenoxy) is 1. The number of alkyl halides is 5. The number of carbonyl (C=O) groups is 1. The van der Waals surface area contributed by atoms with E-state index in [0.29, 0.717) is 10.6 Å². The summed E-state index contributed by atoms with van der Waals surface area (Å²) in [7, 11) is 1.41. The Morgan fingerprint density at radius 3 is 2.54 bits per heavy atom. The third kappa shape index (κ3) is 3.30. The average molecular weight is 352 g/mol. The minimum atomic E-state index is -5.80. The van der Waals surface area contributed by atoms with E-state index < -0.39 is 23.7 Å². The molecular formula is C13H13F5N4O2. The van der Waals surface area contributed by atoms with Crippen molar-refractivity contribution in [2.45, 2.75) is 19.0 Å². The number of hydrogen-bond donors (Lipinski definition) is 1. The number of aryl methyl sites for hydroxylation is 1. The minimum absolute atomic E-state index is 0.0623. The van der Waals surface area contributed by atoms with Crippen molar-refractivity contribution >= 4 is 11.6 Å². The summed E-state index contributed by atoms with van der Waals surface area (Å²) in [6, 6.07) is 1.62. The van der Waals surface area contributed by atoms with Crippen molar-refractivity contribution in [1.29, 1.82) is 0 Å². The molecular weight excluding hydrogens is 339 g/mol. The van der Waals surface area contributed by atoms with Crippen LogP contribution < -0.4 is 5.32 Å². The third-order valence-corrected chi connectivity index (χ3v) is 3.06. The lowest BCUT2D eigenvalue weighted by atomic mass is 10.2. The number of nitrogens with one attached hydrogen (secondary N) is 1. The van der Waals surface area contributed by atoms with E-state index in [-0.39, 0.29) is 30.2 Å². The van der Waals surface area contributed by atoms with Crippen molar-refractivity contribution in [2.24, 2.45) is 0 Å². The van der Waals surface area contributed by atoms with E-state index in [1.54, 1.807) is 0 Å². The number of aromatic nitrogens is 3. The number of rotatable bonds is 5. The predicted octanol–water partition coefficient (Wildman–Crippen LogP) is 2.07. The van der Waals surface area contributed by atoms with Gasteiger partial charge in [0.1, 0.15) is 5.69 Å². The first-order valence-electron chi connectivity index (χ1n) is 6.67. The zero-order chi connectivity index (χ0) is 18.1. The molecule has 0 bridgehead atoms. The second-order valence-electron chi connectivity index (χ2n) is 4.90. The second kappa shape index (κ2) is 6.30. The van der Waals surface area contributed by atoms with E-state index in [2.05, 4.69) is 15.4 Å². The molecule has 0 aliphatic heterocycles. The van der Waals surface area contributed by atoms with Crippen LogP contribution in [0.15, 0.2) is 12.1 Å². The highest BCUT2D eigenvalue weighted by Crippen LogP contribution is 2.43. The summed E-state index contributed by atoms with van der Waals surface area (Å²) >= 11 is 0. The molecule has 1 N–H and O–H groups in total. The molecule has 2 aromatic rings. The summed E-state index contributed by atoms with van der Waals surface area (Å²) in [5, 5.41) is 5.92. The number of hydrogen-bond acceptors (Lipinski definition) is 4. The van der Waals surface area contributed by atoms with Crippen molar-refractivity contribution in [3.8, 4) is 0 Å². The molecule has 0 atom stereocenters. The van der Waals surface area contributed by atoms with Gasteiger partial charge in [-0.2, -0.15) is 27.1 Å². The smallest absolute Gasteiger partial charge is 0.383 e. The first kappa shape index (κ1) is 18.0. The van der Waals surface area contributed by atoms with Crippen molar-refractivity contribution in [3.63, 3.8) is 0 Å². The SMILES string of the molecule is COCCNC(=O)c1cc2nc(C)cc(C(F)(F)C(F)(F)F)n2n1. The highest BCUT2D eigenvalue weighted by molar-refractivity contribution is 5.93. The fraction of sp³-hybridized carbons (Fsp3) is 0.462. The highest BCUT2D eigenvalue weighted by atomic mass is 19.4. The number of carbonyl (C=O) groups excluding carboxylic acids is 1. The van der Waals surface area contributed by atoms with Crippen LogP contribution in [-0.4, -0.2) is 46.9 Å². The van der Waals surface area contributed by atoms with E-state index in [1.807, 2.05) is 0 Å². The molecule has 0 saturated carbocycles. The Morgan fingerprint density at radius 1 is 1.29 bits per heavy atom. The van der Waals surface area contributed by atoms with Gasteiger partial charge in [-0.25, -0.2) is 9.50 Å². The van der Waals surface area contributed by atoms with E-state index >= 15 is 0 Å². The first-order valence-corrected chi connectivity index (χ1v) is 6.67. The highest BCUT2D eigenvalue weighted by Gasteiger charge is 2.60. The lowest BCUT2D eigenvalue weighted by Gasteiger charge is -2.20. The topological polar surface area (TPSA) is 68.5 Å². The molecule has 0 aliphatic rings.